The van der Waals surface area contributed by atoms with E-state index in [2.05, 4.69) is 10.5 Å². The fraction of sp³-hybridized carbons (Fsp3) is 0.0526. The molecule has 3 nitrogen and oxygen atoms in total. The van der Waals surface area contributed by atoms with Gasteiger partial charge in [0.05, 0.1) is 12.6 Å². The van der Waals surface area contributed by atoms with Gasteiger partial charge in [0.25, 0.3) is 0 Å². The number of halogens is 1. The van der Waals surface area contributed by atoms with Crippen LogP contribution in [0.5, 0.6) is 0 Å². The summed E-state index contributed by atoms with van der Waals surface area (Å²) in [6.45, 7) is 0. The second-order valence-electron chi connectivity index (χ2n) is 5.16. The molecule has 3 aromatic rings. The first kappa shape index (κ1) is 14.9. The maximum atomic E-state index is 12.8. The summed E-state index contributed by atoms with van der Waals surface area (Å²) in [7, 11) is 0. The zero-order chi connectivity index (χ0) is 16.1. The van der Waals surface area contributed by atoms with Crippen molar-refractivity contribution in [2.24, 2.45) is 5.10 Å². The predicted octanol–water partition coefficient (Wildman–Crippen LogP) is 3.67. The summed E-state index contributed by atoms with van der Waals surface area (Å²) in [6.07, 6.45) is 1.79. The first-order valence-corrected chi connectivity index (χ1v) is 7.26. The highest BCUT2D eigenvalue weighted by Crippen LogP contribution is 2.16. The first-order valence-electron chi connectivity index (χ1n) is 7.26. The Labute approximate surface area is 133 Å². The number of hydrogen-bond acceptors (Lipinski definition) is 2. The Hall–Kier alpha value is -3.01. The monoisotopic (exact) mass is 306 g/mol. The van der Waals surface area contributed by atoms with Crippen LogP contribution in [0.1, 0.15) is 11.1 Å². The summed E-state index contributed by atoms with van der Waals surface area (Å²) in [5.41, 5.74) is 4.17. The molecule has 0 saturated carbocycles. The third kappa shape index (κ3) is 3.80. The highest BCUT2D eigenvalue weighted by molar-refractivity contribution is 5.99. The van der Waals surface area contributed by atoms with Gasteiger partial charge in [-0.25, -0.2) is 9.82 Å². The zero-order valence-corrected chi connectivity index (χ0v) is 12.4. The Bertz CT molecular complexity index is 851. The Kier molecular flexibility index (Phi) is 4.43. The van der Waals surface area contributed by atoms with E-state index in [-0.39, 0.29) is 18.1 Å². The van der Waals surface area contributed by atoms with Crippen molar-refractivity contribution in [1.82, 2.24) is 5.43 Å². The van der Waals surface area contributed by atoms with Gasteiger partial charge in [-0.2, -0.15) is 5.10 Å². The van der Waals surface area contributed by atoms with E-state index in [9.17, 15) is 9.18 Å². The van der Waals surface area contributed by atoms with Gasteiger partial charge < -0.3 is 0 Å². The number of hydrazone groups is 1. The number of fused-ring (bicyclic) bond motifs is 1. The molecule has 0 radical (unpaired) electrons. The Balaban J connectivity index is 1.66. The molecule has 0 aromatic heterocycles. The van der Waals surface area contributed by atoms with E-state index in [1.165, 1.54) is 12.1 Å². The van der Waals surface area contributed by atoms with Crippen molar-refractivity contribution >= 4 is 22.9 Å². The lowest BCUT2D eigenvalue weighted by Gasteiger charge is -2.02. The van der Waals surface area contributed by atoms with Crippen LogP contribution in [0.2, 0.25) is 0 Å². The molecule has 0 spiro atoms. The van der Waals surface area contributed by atoms with Crippen LogP contribution in [0, 0.1) is 5.82 Å². The van der Waals surface area contributed by atoms with Crippen LogP contribution in [0.4, 0.5) is 4.39 Å². The predicted molar refractivity (Wildman–Crippen MR) is 89.8 cm³/mol. The third-order valence-corrected chi connectivity index (χ3v) is 3.49. The number of nitrogens with zero attached hydrogens (tertiary/aromatic N) is 1. The van der Waals surface area contributed by atoms with Crippen molar-refractivity contribution in [2.75, 3.05) is 0 Å². The molecule has 3 aromatic carbocycles. The van der Waals surface area contributed by atoms with Crippen LogP contribution in [-0.2, 0) is 11.2 Å². The Morgan fingerprint density at radius 2 is 1.74 bits per heavy atom. The van der Waals surface area contributed by atoms with Crippen LogP contribution in [-0.4, -0.2) is 12.1 Å². The number of amides is 1. The summed E-state index contributed by atoms with van der Waals surface area (Å²) >= 11 is 0. The van der Waals surface area contributed by atoms with Gasteiger partial charge >= 0.3 is 0 Å². The molecule has 0 aliphatic rings. The van der Waals surface area contributed by atoms with Gasteiger partial charge in [-0.15, -0.1) is 0 Å². The molecule has 0 atom stereocenters. The summed E-state index contributed by atoms with van der Waals surface area (Å²) in [6, 6.07) is 19.7. The number of hydrogen-bond donors (Lipinski definition) is 1. The van der Waals surface area contributed by atoms with E-state index in [4.69, 9.17) is 0 Å². The topological polar surface area (TPSA) is 41.5 Å². The molecule has 0 fully saturated rings. The van der Waals surface area contributed by atoms with Crippen LogP contribution in [0.3, 0.4) is 0 Å². The van der Waals surface area contributed by atoms with E-state index < -0.39 is 0 Å². The van der Waals surface area contributed by atoms with Crippen LogP contribution in [0.25, 0.3) is 10.8 Å². The lowest BCUT2D eigenvalue weighted by Crippen LogP contribution is -2.19. The van der Waals surface area contributed by atoms with Crippen molar-refractivity contribution in [2.45, 2.75) is 6.42 Å². The lowest BCUT2D eigenvalue weighted by atomic mass is 10.1. The summed E-state index contributed by atoms with van der Waals surface area (Å²) < 4.78 is 12.8. The minimum atomic E-state index is -0.317. The highest BCUT2D eigenvalue weighted by Gasteiger charge is 2.02. The van der Waals surface area contributed by atoms with Gasteiger partial charge in [0.1, 0.15) is 5.82 Å². The molecule has 0 aliphatic carbocycles. The minimum Gasteiger partial charge on any atom is -0.273 e. The molecular formula is C19H15FN2O. The number of carbonyl (C=O) groups excluding carboxylic acids is 1. The van der Waals surface area contributed by atoms with Crippen molar-refractivity contribution < 1.29 is 9.18 Å². The number of rotatable bonds is 4. The van der Waals surface area contributed by atoms with Crippen molar-refractivity contribution in [3.63, 3.8) is 0 Å². The Morgan fingerprint density at radius 3 is 2.57 bits per heavy atom. The van der Waals surface area contributed by atoms with Crippen LogP contribution < -0.4 is 5.43 Å². The quantitative estimate of drug-likeness (QED) is 0.580. The molecule has 1 amide bonds. The molecule has 0 aliphatic heterocycles. The van der Waals surface area contributed by atoms with Gasteiger partial charge in [0.2, 0.25) is 5.91 Å². The smallest absolute Gasteiger partial charge is 0.244 e. The first-order chi connectivity index (χ1) is 11.2. The highest BCUT2D eigenvalue weighted by atomic mass is 19.1. The molecule has 23 heavy (non-hydrogen) atoms. The molecule has 114 valence electrons. The van der Waals surface area contributed by atoms with Crippen molar-refractivity contribution in [3.05, 3.63) is 83.7 Å². The van der Waals surface area contributed by atoms with Crippen molar-refractivity contribution in [1.29, 1.82) is 0 Å². The fourth-order valence-corrected chi connectivity index (χ4v) is 2.36. The maximum Gasteiger partial charge on any atom is 0.244 e. The average molecular weight is 306 g/mol. The lowest BCUT2D eigenvalue weighted by molar-refractivity contribution is -0.120. The summed E-state index contributed by atoms with van der Waals surface area (Å²) in [4.78, 5) is 11.8. The molecule has 0 unspecified atom stereocenters. The van der Waals surface area contributed by atoms with Gasteiger partial charge in [0.15, 0.2) is 0 Å². The SMILES string of the molecule is O=C(Cc1ccc(F)cc1)N/N=C/c1cccc2ccccc12. The van der Waals surface area contributed by atoms with Gasteiger partial charge in [-0.1, -0.05) is 54.6 Å². The van der Waals surface area contributed by atoms with Gasteiger partial charge in [-0.05, 0) is 28.5 Å². The van der Waals surface area contributed by atoms with Gasteiger partial charge in [0, 0.05) is 5.56 Å². The molecule has 1 N–H and O–H groups in total. The standard InChI is InChI=1S/C19H15FN2O/c20-17-10-8-14(9-11-17)12-19(23)22-21-13-16-6-3-5-15-4-1-2-7-18(15)16/h1-11,13H,12H2,(H,22,23)/b21-13+. The number of benzene rings is 3. The summed E-state index contributed by atoms with van der Waals surface area (Å²) in [5, 5.41) is 6.20. The zero-order valence-electron chi connectivity index (χ0n) is 12.4. The minimum absolute atomic E-state index is 0.160. The van der Waals surface area contributed by atoms with Gasteiger partial charge in [-0.3, -0.25) is 4.79 Å². The third-order valence-electron chi connectivity index (χ3n) is 3.49. The molecular weight excluding hydrogens is 291 g/mol. The molecule has 0 bridgehead atoms. The second-order valence-corrected chi connectivity index (χ2v) is 5.16. The molecule has 3 rings (SSSR count). The van der Waals surface area contributed by atoms with E-state index in [0.29, 0.717) is 0 Å². The summed E-state index contributed by atoms with van der Waals surface area (Å²) in [5.74, 6) is -0.559. The fourth-order valence-electron chi connectivity index (χ4n) is 2.36. The number of nitrogens with one attached hydrogen (secondary N) is 1. The molecule has 0 saturated heterocycles. The second kappa shape index (κ2) is 6.83. The molecule has 4 heteroatoms. The number of carbonyl (C=O) groups is 1. The van der Waals surface area contributed by atoms with Crippen LogP contribution >= 0.6 is 0 Å². The van der Waals surface area contributed by atoms with Crippen molar-refractivity contribution in [3.8, 4) is 0 Å². The maximum absolute atomic E-state index is 12.8. The van der Waals surface area contributed by atoms with Crippen LogP contribution in [0.15, 0.2) is 71.8 Å². The average Bonchev–Trinajstić information content (AvgIpc) is 2.57. The van der Waals surface area contributed by atoms with E-state index >= 15 is 0 Å². The Morgan fingerprint density at radius 1 is 1.00 bits per heavy atom. The normalized spacial score (nSPS) is 11.0. The van der Waals surface area contributed by atoms with E-state index in [1.54, 1.807) is 18.3 Å². The molecule has 0 heterocycles. The largest absolute Gasteiger partial charge is 0.273 e. The van der Waals surface area contributed by atoms with E-state index in [1.807, 2.05) is 42.5 Å². The van der Waals surface area contributed by atoms with E-state index in [0.717, 1.165) is 21.9 Å².